The molecule has 54 heavy (non-hydrogen) atoms. The Kier molecular flexibility index (Phi) is 23.4. The maximum absolute atomic E-state index is 5.29. The first kappa shape index (κ1) is 48.3. The van der Waals surface area contributed by atoms with Gasteiger partial charge in [0.15, 0.2) is 0 Å². The lowest BCUT2D eigenvalue weighted by atomic mass is 10.0. The summed E-state index contributed by atoms with van der Waals surface area (Å²) in [6.45, 7) is 35.1. The normalized spacial score (nSPS) is 11.9. The van der Waals surface area contributed by atoms with E-state index in [1.807, 2.05) is 37.6 Å². The zero-order valence-electron chi connectivity index (χ0n) is 37.1. The van der Waals surface area contributed by atoms with Crippen molar-refractivity contribution in [3.8, 4) is 5.88 Å². The van der Waals surface area contributed by atoms with Crippen molar-refractivity contribution in [3.05, 3.63) is 100 Å². The van der Waals surface area contributed by atoms with Gasteiger partial charge in [0.2, 0.25) is 5.88 Å². The molecule has 4 aromatic rings. The summed E-state index contributed by atoms with van der Waals surface area (Å²) < 4.78 is 5.29. The second-order valence-electron chi connectivity index (χ2n) is 15.7. The number of aryl methyl sites for hydroxylation is 5. The van der Waals surface area contributed by atoms with Crippen LogP contribution >= 0.6 is 0 Å². The van der Waals surface area contributed by atoms with E-state index in [0.717, 1.165) is 66.4 Å². The van der Waals surface area contributed by atoms with Crippen molar-refractivity contribution >= 4 is 0 Å². The minimum atomic E-state index is 0.428. The second kappa shape index (κ2) is 26.1. The van der Waals surface area contributed by atoms with Gasteiger partial charge in [-0.3, -0.25) is 4.98 Å². The predicted molar refractivity (Wildman–Crippen MR) is 230 cm³/mol. The van der Waals surface area contributed by atoms with Gasteiger partial charge in [-0.05, 0) is 116 Å². The van der Waals surface area contributed by atoms with Crippen LogP contribution in [0.2, 0.25) is 0 Å². The van der Waals surface area contributed by atoms with E-state index >= 15 is 0 Å². The summed E-state index contributed by atoms with van der Waals surface area (Å²) in [5.74, 6) is 6.73. The third kappa shape index (κ3) is 19.0. The number of pyridine rings is 2. The van der Waals surface area contributed by atoms with Crippen molar-refractivity contribution in [3.63, 3.8) is 0 Å². The first-order valence-electron chi connectivity index (χ1n) is 20.8. The van der Waals surface area contributed by atoms with Crippen LogP contribution in [0.25, 0.3) is 0 Å². The van der Waals surface area contributed by atoms with Crippen molar-refractivity contribution in [2.45, 2.75) is 173 Å². The second-order valence-corrected chi connectivity index (χ2v) is 15.7. The summed E-state index contributed by atoms with van der Waals surface area (Å²) >= 11 is 0. The molecule has 0 saturated heterocycles. The smallest absolute Gasteiger partial charge is 0.213 e. The molecule has 0 N–H and O–H groups in total. The molecule has 0 aromatic carbocycles. The van der Waals surface area contributed by atoms with Crippen molar-refractivity contribution in [1.29, 1.82) is 0 Å². The molecule has 0 spiro atoms. The molecule has 0 aliphatic heterocycles. The number of hydrogen-bond donors (Lipinski definition) is 0. The largest absolute Gasteiger partial charge is 0.478 e. The van der Waals surface area contributed by atoms with Crippen LogP contribution in [0, 0.1) is 18.8 Å². The Bertz CT molecular complexity index is 1550. The lowest BCUT2D eigenvalue weighted by Crippen LogP contribution is -2.03. The Labute approximate surface area is 331 Å². The highest BCUT2D eigenvalue weighted by Crippen LogP contribution is 2.35. The van der Waals surface area contributed by atoms with Crippen molar-refractivity contribution in [2.75, 3.05) is 6.61 Å². The van der Waals surface area contributed by atoms with Crippen LogP contribution in [0.3, 0.4) is 0 Å². The number of aromatic nitrogens is 6. The molecule has 300 valence electrons. The molecule has 0 bridgehead atoms. The van der Waals surface area contributed by atoms with Gasteiger partial charge in [0, 0.05) is 60.3 Å². The van der Waals surface area contributed by atoms with Gasteiger partial charge in [-0.15, -0.1) is 0 Å². The van der Waals surface area contributed by atoms with E-state index in [0.29, 0.717) is 30.3 Å². The summed E-state index contributed by atoms with van der Waals surface area (Å²) in [4.78, 5) is 25.9. The van der Waals surface area contributed by atoms with Gasteiger partial charge in [-0.1, -0.05) is 96.9 Å². The first-order valence-corrected chi connectivity index (χ1v) is 20.8. The fourth-order valence-electron chi connectivity index (χ4n) is 5.11. The molecule has 7 heteroatoms. The van der Waals surface area contributed by atoms with Crippen molar-refractivity contribution in [1.82, 2.24) is 29.9 Å². The van der Waals surface area contributed by atoms with Crippen molar-refractivity contribution in [2.24, 2.45) is 11.8 Å². The quantitative estimate of drug-likeness (QED) is 0.151. The van der Waals surface area contributed by atoms with Gasteiger partial charge in [-0.25, -0.2) is 24.9 Å². The Morgan fingerprint density at radius 1 is 0.611 bits per heavy atom. The van der Waals surface area contributed by atoms with Crippen LogP contribution in [-0.2, 0) is 25.7 Å². The third-order valence-electron chi connectivity index (χ3n) is 9.29. The molecule has 5 rings (SSSR count). The summed E-state index contributed by atoms with van der Waals surface area (Å²) in [7, 11) is 0. The van der Waals surface area contributed by atoms with E-state index in [2.05, 4.69) is 146 Å². The van der Waals surface area contributed by atoms with Crippen molar-refractivity contribution < 1.29 is 4.74 Å². The van der Waals surface area contributed by atoms with E-state index in [9.17, 15) is 0 Å². The molecule has 0 radical (unpaired) electrons. The Balaban J connectivity index is 0.000000343. The molecule has 1 aliphatic carbocycles. The van der Waals surface area contributed by atoms with Crippen LogP contribution in [0.4, 0.5) is 0 Å². The van der Waals surface area contributed by atoms with Crippen LogP contribution in [0.5, 0.6) is 5.88 Å². The van der Waals surface area contributed by atoms with Gasteiger partial charge in [0.1, 0.15) is 11.6 Å². The predicted octanol–water partition coefficient (Wildman–Crippen LogP) is 12.6. The van der Waals surface area contributed by atoms with Crippen LogP contribution in [-0.4, -0.2) is 36.5 Å². The molecule has 0 amide bonds. The molecule has 0 atom stereocenters. The van der Waals surface area contributed by atoms with E-state index in [4.69, 9.17) is 4.74 Å². The lowest BCUT2D eigenvalue weighted by Gasteiger charge is -2.07. The highest BCUT2D eigenvalue weighted by molar-refractivity contribution is 5.26. The fraction of sp³-hybridized carbons (Fsp3) is 0.617. The number of hydrogen-bond acceptors (Lipinski definition) is 7. The summed E-state index contributed by atoms with van der Waals surface area (Å²) in [6.07, 6.45) is 14.6. The molecule has 0 unspecified atom stereocenters. The van der Waals surface area contributed by atoms with E-state index in [1.54, 1.807) is 6.20 Å². The monoisotopic (exact) mass is 741 g/mol. The molecule has 4 heterocycles. The maximum Gasteiger partial charge on any atom is 0.213 e. The van der Waals surface area contributed by atoms with Gasteiger partial charge in [0.25, 0.3) is 0 Å². The molecule has 7 nitrogen and oxygen atoms in total. The van der Waals surface area contributed by atoms with Gasteiger partial charge >= 0.3 is 0 Å². The van der Waals surface area contributed by atoms with E-state index in [1.165, 1.54) is 40.8 Å². The van der Waals surface area contributed by atoms with E-state index in [-0.39, 0.29) is 0 Å². The van der Waals surface area contributed by atoms with E-state index < -0.39 is 0 Å². The average Bonchev–Trinajstić information content (AvgIpc) is 4.02. The van der Waals surface area contributed by atoms with Crippen LogP contribution in [0.1, 0.15) is 191 Å². The maximum atomic E-state index is 5.29. The van der Waals surface area contributed by atoms with Gasteiger partial charge < -0.3 is 4.74 Å². The molecular weight excluding hydrogens is 665 g/mol. The molecule has 1 fully saturated rings. The van der Waals surface area contributed by atoms with Gasteiger partial charge in [0.05, 0.1) is 6.61 Å². The highest BCUT2D eigenvalue weighted by Gasteiger charge is 2.24. The molecule has 4 aromatic heterocycles. The zero-order valence-corrected chi connectivity index (χ0v) is 37.1. The SMILES string of the molecule is CC(C)C1CC1.CCOc1cc(C(C)C)ccn1.CCc1cc(CC)nc(C(C)C)n1.CCc1cnc(C(C)C)cc1C.CCc1ncc(C(C)C)cn1. The zero-order chi connectivity index (χ0) is 40.8. The topological polar surface area (TPSA) is 86.6 Å². The minimum absolute atomic E-state index is 0.428. The van der Waals surface area contributed by atoms with Crippen LogP contribution < -0.4 is 4.74 Å². The molecule has 1 aliphatic rings. The molecule has 1 saturated carbocycles. The summed E-state index contributed by atoms with van der Waals surface area (Å²) in [5, 5.41) is 0. The number of ether oxygens (including phenoxy) is 1. The Hall–Kier alpha value is -3.74. The number of nitrogens with zero attached hydrogens (tertiary/aromatic N) is 6. The average molecular weight is 741 g/mol. The van der Waals surface area contributed by atoms with Gasteiger partial charge in [-0.2, -0.15) is 0 Å². The minimum Gasteiger partial charge on any atom is -0.478 e. The summed E-state index contributed by atoms with van der Waals surface area (Å²) in [5.41, 5.74) is 8.74. The number of rotatable bonds is 11. The fourth-order valence-corrected chi connectivity index (χ4v) is 5.11. The highest BCUT2D eigenvalue weighted by atomic mass is 16.5. The molecular formula is C47H76N6O. The third-order valence-corrected chi connectivity index (χ3v) is 9.29. The first-order chi connectivity index (χ1) is 25.6. The Morgan fingerprint density at radius 3 is 1.56 bits per heavy atom. The lowest BCUT2D eigenvalue weighted by molar-refractivity contribution is 0.326. The Morgan fingerprint density at radius 2 is 1.19 bits per heavy atom. The summed E-state index contributed by atoms with van der Waals surface area (Å²) in [6, 6.07) is 8.32. The standard InChI is InChI=1S/C11H18N2.C11H17N.C10H15NO.C9H14N2.C6H12/c1-5-9-7-10(6-2)13-11(12-9)8(3)4;1-5-10-7-12-11(8(2)3)6-9(10)4;1-4-12-10-7-9(8(2)3)5-6-11-10;1-4-9-10-5-8(6-11-9)7(2)3;1-5(2)6-3-4-6/h7-8H,5-6H2,1-4H3;6-8H,5H2,1-4H3;5-8H,4H2,1-3H3;5-7H,4H2,1-3H3;5-6H,3-4H2,1-2H3. The van der Waals surface area contributed by atoms with Crippen LogP contribution in [0.15, 0.2) is 49.1 Å².